The lowest BCUT2D eigenvalue weighted by atomic mass is 9.93. The summed E-state index contributed by atoms with van der Waals surface area (Å²) >= 11 is 1.37. The Morgan fingerprint density at radius 1 is 1.45 bits per heavy atom. The molecule has 0 saturated carbocycles. The number of urea groups is 1. The van der Waals surface area contributed by atoms with Crippen molar-refractivity contribution in [3.8, 4) is 0 Å². The first-order valence-corrected chi connectivity index (χ1v) is 7.29. The molecular weight excluding hydrogens is 278 g/mol. The van der Waals surface area contributed by atoms with Gasteiger partial charge in [-0.25, -0.2) is 9.78 Å². The summed E-state index contributed by atoms with van der Waals surface area (Å²) in [7, 11) is 0. The van der Waals surface area contributed by atoms with Crippen molar-refractivity contribution in [1.82, 2.24) is 10.3 Å². The Balaban J connectivity index is 2.43. The Hall–Kier alpha value is -1.63. The number of thiazole rings is 1. The molecule has 1 unspecified atom stereocenters. The number of carboxylic acids is 1. The second-order valence-corrected chi connectivity index (χ2v) is 6.68. The van der Waals surface area contributed by atoms with E-state index in [1.807, 2.05) is 5.38 Å². The lowest BCUT2D eigenvalue weighted by Crippen LogP contribution is -2.33. The van der Waals surface area contributed by atoms with Crippen LogP contribution in [0, 0.1) is 5.92 Å². The molecule has 0 saturated heterocycles. The van der Waals surface area contributed by atoms with Gasteiger partial charge in [0.05, 0.1) is 5.69 Å². The molecule has 0 aliphatic rings. The van der Waals surface area contributed by atoms with E-state index >= 15 is 0 Å². The van der Waals surface area contributed by atoms with E-state index in [-0.39, 0.29) is 23.8 Å². The van der Waals surface area contributed by atoms with E-state index < -0.39 is 5.97 Å². The van der Waals surface area contributed by atoms with E-state index in [1.165, 1.54) is 11.3 Å². The maximum absolute atomic E-state index is 11.7. The van der Waals surface area contributed by atoms with Gasteiger partial charge in [-0.15, -0.1) is 11.3 Å². The van der Waals surface area contributed by atoms with E-state index in [0.717, 1.165) is 5.69 Å². The Bertz CT molecular complexity index is 479. The summed E-state index contributed by atoms with van der Waals surface area (Å²) in [5.74, 6) is -0.978. The minimum Gasteiger partial charge on any atom is -0.481 e. The topological polar surface area (TPSA) is 91.3 Å². The molecule has 6 nitrogen and oxygen atoms in total. The number of carboxylic acid groups (broad SMARTS) is 1. The van der Waals surface area contributed by atoms with Crippen LogP contribution in [0.1, 0.15) is 39.8 Å². The molecule has 0 aliphatic heterocycles. The molecule has 20 heavy (non-hydrogen) atoms. The molecule has 0 bridgehead atoms. The number of hydrogen-bond donors (Lipinski definition) is 3. The number of aliphatic carboxylic acids is 1. The van der Waals surface area contributed by atoms with Crippen LogP contribution in [0.4, 0.5) is 9.93 Å². The highest BCUT2D eigenvalue weighted by Gasteiger charge is 2.18. The second-order valence-electron chi connectivity index (χ2n) is 5.83. The van der Waals surface area contributed by atoms with Crippen LogP contribution in [0.15, 0.2) is 5.38 Å². The predicted molar refractivity (Wildman–Crippen MR) is 79.3 cm³/mol. The highest BCUT2D eigenvalue weighted by molar-refractivity contribution is 7.13. The average molecular weight is 299 g/mol. The Morgan fingerprint density at radius 3 is 2.60 bits per heavy atom. The SMILES string of the molecule is CC(CNC(=O)Nc1nc(C(C)(C)C)cs1)CC(=O)O. The van der Waals surface area contributed by atoms with Gasteiger partial charge in [0.2, 0.25) is 0 Å². The van der Waals surface area contributed by atoms with Crippen LogP contribution in [0.5, 0.6) is 0 Å². The van der Waals surface area contributed by atoms with Gasteiger partial charge in [0, 0.05) is 23.8 Å². The number of carbonyl (C=O) groups excluding carboxylic acids is 1. The Morgan fingerprint density at radius 2 is 2.10 bits per heavy atom. The van der Waals surface area contributed by atoms with Gasteiger partial charge in [-0.3, -0.25) is 10.1 Å². The minimum absolute atomic E-state index is 0.0334. The van der Waals surface area contributed by atoms with Crippen LogP contribution in [-0.4, -0.2) is 28.6 Å². The first-order chi connectivity index (χ1) is 9.18. The van der Waals surface area contributed by atoms with E-state index in [2.05, 4.69) is 36.4 Å². The van der Waals surface area contributed by atoms with E-state index in [0.29, 0.717) is 11.7 Å². The molecule has 1 heterocycles. The fourth-order valence-corrected chi connectivity index (χ4v) is 2.39. The van der Waals surface area contributed by atoms with Gasteiger partial charge in [0.25, 0.3) is 0 Å². The molecule has 0 aromatic carbocycles. The molecule has 1 aromatic rings. The van der Waals surface area contributed by atoms with Crippen molar-refractivity contribution in [1.29, 1.82) is 0 Å². The van der Waals surface area contributed by atoms with Gasteiger partial charge >= 0.3 is 12.0 Å². The number of carbonyl (C=O) groups is 2. The third-order valence-corrected chi connectivity index (χ3v) is 3.38. The number of rotatable bonds is 5. The number of anilines is 1. The van der Waals surface area contributed by atoms with Gasteiger partial charge in [-0.2, -0.15) is 0 Å². The molecule has 2 amide bonds. The number of hydrogen-bond acceptors (Lipinski definition) is 4. The first kappa shape index (κ1) is 16.4. The minimum atomic E-state index is -0.866. The van der Waals surface area contributed by atoms with Crippen molar-refractivity contribution >= 4 is 28.5 Å². The number of nitrogens with one attached hydrogen (secondary N) is 2. The molecule has 0 aliphatic carbocycles. The standard InChI is InChI=1S/C13H21N3O3S/c1-8(5-10(17)18)6-14-11(19)16-12-15-9(7-20-12)13(2,3)4/h7-8H,5-6H2,1-4H3,(H,17,18)(H2,14,15,16,19). The lowest BCUT2D eigenvalue weighted by Gasteiger charge is -2.14. The second kappa shape index (κ2) is 6.69. The third-order valence-electron chi connectivity index (χ3n) is 2.63. The molecule has 1 aromatic heterocycles. The molecule has 0 spiro atoms. The van der Waals surface area contributed by atoms with Crippen LogP contribution in [0.3, 0.4) is 0 Å². The maximum atomic E-state index is 11.7. The zero-order chi connectivity index (χ0) is 15.3. The van der Waals surface area contributed by atoms with Crippen molar-refractivity contribution in [2.45, 2.75) is 39.5 Å². The van der Waals surface area contributed by atoms with Crippen LogP contribution < -0.4 is 10.6 Å². The number of amides is 2. The Labute approximate surface area is 122 Å². The van der Waals surface area contributed by atoms with Crippen LogP contribution in [0.2, 0.25) is 0 Å². The number of nitrogens with zero attached hydrogens (tertiary/aromatic N) is 1. The molecular formula is C13H21N3O3S. The number of aromatic nitrogens is 1. The highest BCUT2D eigenvalue weighted by Crippen LogP contribution is 2.26. The zero-order valence-electron chi connectivity index (χ0n) is 12.2. The predicted octanol–water partition coefficient (Wildman–Crippen LogP) is 2.67. The first-order valence-electron chi connectivity index (χ1n) is 6.41. The van der Waals surface area contributed by atoms with Crippen molar-refractivity contribution < 1.29 is 14.7 Å². The fourth-order valence-electron chi connectivity index (χ4n) is 1.45. The quantitative estimate of drug-likeness (QED) is 0.779. The summed E-state index contributed by atoms with van der Waals surface area (Å²) in [6, 6.07) is -0.364. The van der Waals surface area contributed by atoms with Crippen molar-refractivity contribution in [2.75, 3.05) is 11.9 Å². The van der Waals surface area contributed by atoms with Crippen molar-refractivity contribution in [2.24, 2.45) is 5.92 Å². The summed E-state index contributed by atoms with van der Waals surface area (Å²) in [6.45, 7) is 8.25. The van der Waals surface area contributed by atoms with Gasteiger partial charge in [0.1, 0.15) is 0 Å². The summed E-state index contributed by atoms with van der Waals surface area (Å²) < 4.78 is 0. The highest BCUT2D eigenvalue weighted by atomic mass is 32.1. The van der Waals surface area contributed by atoms with Crippen LogP contribution in [0.25, 0.3) is 0 Å². The molecule has 1 atom stereocenters. The molecule has 0 fully saturated rings. The summed E-state index contributed by atoms with van der Waals surface area (Å²) in [5.41, 5.74) is 0.875. The zero-order valence-corrected chi connectivity index (χ0v) is 13.0. The summed E-state index contributed by atoms with van der Waals surface area (Å²) in [5, 5.41) is 16.4. The normalized spacial score (nSPS) is 12.8. The molecule has 7 heteroatoms. The van der Waals surface area contributed by atoms with Gasteiger partial charge in [-0.1, -0.05) is 27.7 Å². The van der Waals surface area contributed by atoms with Crippen molar-refractivity contribution in [3.63, 3.8) is 0 Å². The Kier molecular flexibility index (Phi) is 5.50. The smallest absolute Gasteiger partial charge is 0.321 e. The van der Waals surface area contributed by atoms with Crippen LogP contribution in [-0.2, 0) is 10.2 Å². The summed E-state index contributed by atoms with van der Waals surface area (Å²) in [4.78, 5) is 26.5. The molecule has 0 radical (unpaired) electrons. The van der Waals surface area contributed by atoms with Gasteiger partial charge in [-0.05, 0) is 5.92 Å². The van der Waals surface area contributed by atoms with Gasteiger partial charge < -0.3 is 10.4 Å². The van der Waals surface area contributed by atoms with E-state index in [1.54, 1.807) is 6.92 Å². The van der Waals surface area contributed by atoms with E-state index in [9.17, 15) is 9.59 Å². The average Bonchev–Trinajstić information content (AvgIpc) is 2.73. The van der Waals surface area contributed by atoms with E-state index in [4.69, 9.17) is 5.11 Å². The molecule has 3 N–H and O–H groups in total. The van der Waals surface area contributed by atoms with Crippen LogP contribution >= 0.6 is 11.3 Å². The largest absolute Gasteiger partial charge is 0.481 e. The monoisotopic (exact) mass is 299 g/mol. The van der Waals surface area contributed by atoms with Gasteiger partial charge in [0.15, 0.2) is 5.13 Å². The molecule has 112 valence electrons. The third kappa shape index (κ3) is 5.56. The molecule has 1 rings (SSSR count). The fraction of sp³-hybridized carbons (Fsp3) is 0.615. The maximum Gasteiger partial charge on any atom is 0.321 e. The summed E-state index contributed by atoms with van der Waals surface area (Å²) in [6.07, 6.45) is 0.0334. The lowest BCUT2D eigenvalue weighted by molar-refractivity contribution is -0.137. The van der Waals surface area contributed by atoms with Crippen molar-refractivity contribution in [3.05, 3.63) is 11.1 Å².